The molecule has 0 spiro atoms. The number of nitrogens with zero attached hydrogens (tertiary/aromatic N) is 2. The first-order valence-corrected chi connectivity index (χ1v) is 10.6. The SMILES string of the molecule is CC(C)Cc1cc(C(=O)Nc2ncc(Cl)s2)n(Cc2ccc(Cl)c(C(F)(F)F)c2)c1. The number of alkyl halides is 3. The van der Waals surface area contributed by atoms with Gasteiger partial charge in [-0.05, 0) is 41.7 Å². The van der Waals surface area contributed by atoms with E-state index >= 15 is 0 Å². The number of halogens is 5. The maximum atomic E-state index is 13.2. The maximum absolute atomic E-state index is 13.2. The summed E-state index contributed by atoms with van der Waals surface area (Å²) in [6.07, 6.45) is -0.620. The normalized spacial score (nSPS) is 11.9. The minimum absolute atomic E-state index is 0.0831. The average Bonchev–Trinajstić information content (AvgIpc) is 3.21. The molecule has 0 radical (unpaired) electrons. The van der Waals surface area contributed by atoms with Crippen molar-refractivity contribution < 1.29 is 18.0 Å². The number of aromatic nitrogens is 2. The minimum atomic E-state index is -4.56. The lowest BCUT2D eigenvalue weighted by molar-refractivity contribution is -0.137. The number of amides is 1. The average molecular weight is 476 g/mol. The van der Waals surface area contributed by atoms with Crippen LogP contribution in [0.5, 0.6) is 0 Å². The molecule has 10 heteroatoms. The molecule has 160 valence electrons. The summed E-state index contributed by atoms with van der Waals surface area (Å²) >= 11 is 12.7. The number of benzene rings is 1. The molecule has 0 saturated heterocycles. The Balaban J connectivity index is 1.93. The van der Waals surface area contributed by atoms with Crippen molar-refractivity contribution in [3.8, 4) is 0 Å². The molecule has 3 aromatic rings. The van der Waals surface area contributed by atoms with Crippen LogP contribution in [0.4, 0.5) is 18.3 Å². The second-order valence-corrected chi connectivity index (χ2v) is 9.26. The summed E-state index contributed by atoms with van der Waals surface area (Å²) in [5.74, 6) is -0.0667. The molecule has 1 aromatic carbocycles. The Morgan fingerprint density at radius 3 is 2.57 bits per heavy atom. The lowest BCUT2D eigenvalue weighted by Crippen LogP contribution is -2.17. The van der Waals surface area contributed by atoms with E-state index in [1.807, 2.05) is 13.8 Å². The molecule has 0 fully saturated rings. The van der Waals surface area contributed by atoms with Gasteiger partial charge in [0.15, 0.2) is 5.13 Å². The van der Waals surface area contributed by atoms with Gasteiger partial charge >= 0.3 is 6.18 Å². The molecule has 0 aliphatic heterocycles. The van der Waals surface area contributed by atoms with E-state index in [-0.39, 0.29) is 11.6 Å². The molecule has 2 aromatic heterocycles. The summed E-state index contributed by atoms with van der Waals surface area (Å²) in [4.78, 5) is 16.8. The van der Waals surface area contributed by atoms with Crippen molar-refractivity contribution in [3.05, 3.63) is 68.4 Å². The molecular formula is C20H18Cl2F3N3OS. The molecule has 3 rings (SSSR count). The summed E-state index contributed by atoms with van der Waals surface area (Å²) < 4.78 is 41.6. The quantitative estimate of drug-likeness (QED) is 0.427. The van der Waals surface area contributed by atoms with Crippen LogP contribution in [0.15, 0.2) is 36.7 Å². The highest BCUT2D eigenvalue weighted by molar-refractivity contribution is 7.19. The Hall–Kier alpha value is -2.03. The van der Waals surface area contributed by atoms with Crippen LogP contribution in [-0.2, 0) is 19.1 Å². The number of carbonyl (C=O) groups is 1. The molecule has 2 heterocycles. The van der Waals surface area contributed by atoms with Gasteiger partial charge in [0.2, 0.25) is 0 Å². The van der Waals surface area contributed by atoms with E-state index in [9.17, 15) is 18.0 Å². The summed E-state index contributed by atoms with van der Waals surface area (Å²) in [7, 11) is 0. The van der Waals surface area contributed by atoms with Crippen molar-refractivity contribution >= 4 is 45.6 Å². The number of thiazole rings is 1. The number of anilines is 1. The zero-order valence-corrected chi connectivity index (χ0v) is 18.4. The fourth-order valence-corrected chi connectivity index (χ4v) is 4.07. The van der Waals surface area contributed by atoms with Crippen LogP contribution in [-0.4, -0.2) is 15.5 Å². The van der Waals surface area contributed by atoms with Crippen LogP contribution in [0.1, 0.15) is 41.0 Å². The van der Waals surface area contributed by atoms with Crippen molar-refractivity contribution in [1.82, 2.24) is 9.55 Å². The molecule has 1 amide bonds. The van der Waals surface area contributed by atoms with Crippen molar-refractivity contribution in [1.29, 1.82) is 0 Å². The van der Waals surface area contributed by atoms with Crippen molar-refractivity contribution in [2.45, 2.75) is 33.0 Å². The Labute approximate surface area is 185 Å². The Kier molecular flexibility index (Phi) is 6.79. The fraction of sp³-hybridized carbons (Fsp3) is 0.300. The first-order valence-electron chi connectivity index (χ1n) is 9.00. The first kappa shape index (κ1) is 22.7. The van der Waals surface area contributed by atoms with Crippen molar-refractivity contribution in [3.63, 3.8) is 0 Å². The Morgan fingerprint density at radius 1 is 1.23 bits per heavy atom. The lowest BCUT2D eigenvalue weighted by Gasteiger charge is -2.13. The summed E-state index contributed by atoms with van der Waals surface area (Å²) in [6.45, 7) is 4.17. The Bertz CT molecular complexity index is 1060. The molecule has 0 bridgehead atoms. The maximum Gasteiger partial charge on any atom is 0.417 e. The van der Waals surface area contributed by atoms with Gasteiger partial charge in [-0.3, -0.25) is 10.1 Å². The van der Waals surface area contributed by atoms with E-state index in [2.05, 4.69) is 10.3 Å². The standard InChI is InChI=1S/C20H18Cl2F3N3OS/c1-11(2)5-13-7-16(18(29)27-19-26-8-17(22)30-19)28(10-13)9-12-3-4-15(21)14(6-12)20(23,24)25/h3-4,6-8,10-11H,5,9H2,1-2H3,(H,26,27,29). The molecule has 0 atom stereocenters. The molecule has 4 nitrogen and oxygen atoms in total. The second kappa shape index (κ2) is 8.99. The third kappa shape index (κ3) is 5.56. The largest absolute Gasteiger partial charge is 0.417 e. The van der Waals surface area contributed by atoms with Crippen LogP contribution in [0.2, 0.25) is 9.36 Å². The van der Waals surface area contributed by atoms with Gasteiger partial charge in [0.1, 0.15) is 10.0 Å². The van der Waals surface area contributed by atoms with E-state index < -0.39 is 17.6 Å². The van der Waals surface area contributed by atoms with Crippen LogP contribution in [0.3, 0.4) is 0 Å². The van der Waals surface area contributed by atoms with Gasteiger partial charge in [0, 0.05) is 12.7 Å². The summed E-state index contributed by atoms with van der Waals surface area (Å²) in [5.41, 5.74) is 0.710. The lowest BCUT2D eigenvalue weighted by atomic mass is 10.1. The molecular weight excluding hydrogens is 458 g/mol. The van der Waals surface area contributed by atoms with Crippen LogP contribution < -0.4 is 5.32 Å². The molecule has 0 unspecified atom stereocenters. The van der Waals surface area contributed by atoms with Crippen LogP contribution >= 0.6 is 34.5 Å². The molecule has 0 aliphatic rings. The topological polar surface area (TPSA) is 46.9 Å². The highest BCUT2D eigenvalue weighted by Gasteiger charge is 2.33. The van der Waals surface area contributed by atoms with Gasteiger partial charge in [0.25, 0.3) is 5.91 Å². The molecule has 1 N–H and O–H groups in total. The van der Waals surface area contributed by atoms with Gasteiger partial charge in [0.05, 0.1) is 16.8 Å². The highest BCUT2D eigenvalue weighted by Crippen LogP contribution is 2.35. The monoisotopic (exact) mass is 475 g/mol. The zero-order valence-electron chi connectivity index (χ0n) is 16.1. The second-order valence-electron chi connectivity index (χ2n) is 7.20. The van der Waals surface area contributed by atoms with Crippen molar-refractivity contribution in [2.24, 2.45) is 5.92 Å². The van der Waals surface area contributed by atoms with E-state index in [4.69, 9.17) is 23.2 Å². The van der Waals surface area contributed by atoms with E-state index in [1.165, 1.54) is 18.3 Å². The summed E-state index contributed by atoms with van der Waals surface area (Å²) in [5, 5.41) is 2.66. The number of nitrogens with one attached hydrogen (secondary N) is 1. The molecule has 0 aliphatic carbocycles. The highest BCUT2D eigenvalue weighted by atomic mass is 35.5. The number of hydrogen-bond acceptors (Lipinski definition) is 3. The van der Waals surface area contributed by atoms with Gasteiger partial charge in [-0.25, -0.2) is 4.98 Å². The minimum Gasteiger partial charge on any atom is -0.339 e. The van der Waals surface area contributed by atoms with Crippen LogP contribution in [0, 0.1) is 5.92 Å². The summed E-state index contributed by atoms with van der Waals surface area (Å²) in [6, 6.07) is 5.48. The fourth-order valence-electron chi connectivity index (χ4n) is 3.03. The number of rotatable bonds is 6. The predicted molar refractivity (Wildman–Crippen MR) is 114 cm³/mol. The molecule has 30 heavy (non-hydrogen) atoms. The third-order valence-corrected chi connectivity index (χ3v) is 5.58. The predicted octanol–water partition coefficient (Wildman–Crippen LogP) is 6.77. The third-order valence-electron chi connectivity index (χ3n) is 4.22. The van der Waals surface area contributed by atoms with Gasteiger partial charge in [-0.2, -0.15) is 13.2 Å². The van der Waals surface area contributed by atoms with E-state index in [0.717, 1.165) is 29.4 Å². The smallest absolute Gasteiger partial charge is 0.339 e. The van der Waals surface area contributed by atoms with E-state index in [0.29, 0.717) is 26.6 Å². The van der Waals surface area contributed by atoms with Gasteiger partial charge in [-0.1, -0.05) is 54.5 Å². The Morgan fingerprint density at radius 2 is 1.97 bits per heavy atom. The van der Waals surface area contributed by atoms with Crippen molar-refractivity contribution in [2.75, 3.05) is 5.32 Å². The van der Waals surface area contributed by atoms with E-state index in [1.54, 1.807) is 16.8 Å². The van der Waals surface area contributed by atoms with Crippen LogP contribution in [0.25, 0.3) is 0 Å². The first-order chi connectivity index (χ1) is 14.0. The molecule has 0 saturated carbocycles. The van der Waals surface area contributed by atoms with Gasteiger partial charge in [-0.15, -0.1) is 0 Å². The zero-order chi connectivity index (χ0) is 22.1. The number of hydrogen-bond donors (Lipinski definition) is 1. The number of carbonyl (C=O) groups excluding carboxylic acids is 1. The van der Waals surface area contributed by atoms with Gasteiger partial charge < -0.3 is 4.57 Å².